The molecule has 12 nitrogen and oxygen atoms in total. The molecule has 0 saturated heterocycles. The Bertz CT molecular complexity index is 830. The van der Waals surface area contributed by atoms with Crippen molar-refractivity contribution in [2.75, 3.05) is 32.1 Å². The van der Waals surface area contributed by atoms with Crippen LogP contribution in [0.2, 0.25) is 0 Å². The van der Waals surface area contributed by atoms with E-state index in [-0.39, 0.29) is 9.99 Å². The molecule has 0 saturated carbocycles. The van der Waals surface area contributed by atoms with Crippen LogP contribution in [0.25, 0.3) is 0 Å². The second kappa shape index (κ2) is 9.30. The highest BCUT2D eigenvalue weighted by Gasteiger charge is 2.36. The number of carbonyl (C=O) groups excluding carboxylic acids is 1. The Kier molecular flexibility index (Phi) is 7.67. The molecule has 0 aliphatic carbocycles. The summed E-state index contributed by atoms with van der Waals surface area (Å²) in [5.41, 5.74) is -1.72. The second-order valence-corrected chi connectivity index (χ2v) is 7.72. The molecule has 156 valence electrons. The highest BCUT2D eigenvalue weighted by Crippen LogP contribution is 2.40. The quantitative estimate of drug-likeness (QED) is 0.434. The molecule has 13 heteroatoms. The number of methoxy groups -OCH3 is 1. The van der Waals surface area contributed by atoms with Crippen LogP contribution in [0.1, 0.15) is 26.7 Å². The van der Waals surface area contributed by atoms with E-state index in [1.807, 2.05) is 13.8 Å². The number of anilines is 1. The number of ether oxygens (including phenoxy) is 1. The average molecular weight is 418 g/mol. The third kappa shape index (κ3) is 4.65. The van der Waals surface area contributed by atoms with Crippen LogP contribution >= 0.6 is 0 Å². The fourth-order valence-corrected chi connectivity index (χ4v) is 3.70. The van der Waals surface area contributed by atoms with Crippen molar-refractivity contribution in [1.82, 2.24) is 4.31 Å². The normalized spacial score (nSPS) is 11.0. The molecule has 0 spiro atoms. The Labute approximate surface area is 162 Å². The average Bonchev–Trinajstić information content (AvgIpc) is 2.65. The minimum Gasteiger partial charge on any atom is -0.452 e. The number of carbonyl (C=O) groups is 1. The van der Waals surface area contributed by atoms with Crippen LogP contribution in [0, 0.1) is 20.2 Å². The fraction of sp³-hybridized carbons (Fsp3) is 0.533. The van der Waals surface area contributed by atoms with Crippen molar-refractivity contribution < 1.29 is 27.8 Å². The van der Waals surface area contributed by atoms with E-state index in [9.17, 15) is 33.4 Å². The number of nitrogens with zero attached hydrogens (tertiary/aromatic N) is 4. The number of nitro groups is 2. The summed E-state index contributed by atoms with van der Waals surface area (Å²) in [7, 11) is -2.76. The maximum atomic E-state index is 12.6. The van der Waals surface area contributed by atoms with Crippen molar-refractivity contribution in [3.63, 3.8) is 0 Å². The Morgan fingerprint density at radius 3 is 1.82 bits per heavy atom. The Morgan fingerprint density at radius 2 is 1.50 bits per heavy atom. The van der Waals surface area contributed by atoms with Crippen molar-refractivity contribution in [2.45, 2.75) is 31.6 Å². The lowest BCUT2D eigenvalue weighted by molar-refractivity contribution is -0.393. The second-order valence-electron chi connectivity index (χ2n) is 5.75. The van der Waals surface area contributed by atoms with E-state index in [4.69, 9.17) is 0 Å². The third-order valence-electron chi connectivity index (χ3n) is 3.83. The number of nitro benzene ring substituents is 2. The van der Waals surface area contributed by atoms with Gasteiger partial charge >= 0.3 is 17.5 Å². The Morgan fingerprint density at radius 1 is 1.07 bits per heavy atom. The minimum absolute atomic E-state index is 0.214. The lowest BCUT2D eigenvalue weighted by atomic mass is 10.2. The van der Waals surface area contributed by atoms with E-state index in [1.165, 1.54) is 4.90 Å². The van der Waals surface area contributed by atoms with Crippen LogP contribution in [-0.2, 0) is 14.8 Å². The summed E-state index contributed by atoms with van der Waals surface area (Å²) in [5, 5.41) is 23.2. The van der Waals surface area contributed by atoms with Crippen LogP contribution in [0.15, 0.2) is 17.0 Å². The molecule has 0 bridgehead atoms. The molecule has 0 unspecified atom stereocenters. The number of benzene rings is 1. The lowest BCUT2D eigenvalue weighted by Gasteiger charge is -2.24. The first kappa shape index (κ1) is 23.1. The van der Waals surface area contributed by atoms with E-state index >= 15 is 0 Å². The molecule has 0 atom stereocenters. The Hall–Kier alpha value is -2.96. The summed E-state index contributed by atoms with van der Waals surface area (Å²) in [6, 6.07) is 1.44. The van der Waals surface area contributed by atoms with Gasteiger partial charge in [-0.2, -0.15) is 0 Å². The van der Waals surface area contributed by atoms with Gasteiger partial charge in [0.15, 0.2) is 5.69 Å². The predicted molar refractivity (Wildman–Crippen MR) is 99.9 cm³/mol. The van der Waals surface area contributed by atoms with Crippen LogP contribution in [0.3, 0.4) is 0 Å². The first-order valence-corrected chi connectivity index (χ1v) is 9.75. The summed E-state index contributed by atoms with van der Waals surface area (Å²) in [6.45, 7) is 4.24. The molecule has 0 heterocycles. The Balaban J connectivity index is 3.82. The maximum absolute atomic E-state index is 12.6. The largest absolute Gasteiger partial charge is 0.452 e. The number of rotatable bonds is 9. The number of amides is 1. The zero-order valence-electron chi connectivity index (χ0n) is 15.9. The number of sulfonamides is 1. The van der Waals surface area contributed by atoms with E-state index in [0.717, 1.165) is 26.3 Å². The van der Waals surface area contributed by atoms with E-state index < -0.39 is 42.2 Å². The van der Waals surface area contributed by atoms with E-state index in [0.29, 0.717) is 25.9 Å². The molecule has 1 amide bonds. The predicted octanol–water partition coefficient (Wildman–Crippen LogP) is 2.52. The summed E-state index contributed by atoms with van der Waals surface area (Å²) in [5.74, 6) is 0. The zero-order valence-corrected chi connectivity index (χ0v) is 16.8. The molecule has 1 aromatic rings. The third-order valence-corrected chi connectivity index (χ3v) is 5.53. The van der Waals surface area contributed by atoms with Crippen LogP contribution in [0.5, 0.6) is 0 Å². The van der Waals surface area contributed by atoms with Crippen LogP contribution in [-0.4, -0.2) is 55.9 Å². The van der Waals surface area contributed by atoms with Gasteiger partial charge in [-0.05, 0) is 12.8 Å². The van der Waals surface area contributed by atoms with Crippen molar-refractivity contribution in [3.05, 3.63) is 32.4 Å². The summed E-state index contributed by atoms with van der Waals surface area (Å²) >= 11 is 0. The lowest BCUT2D eigenvalue weighted by Crippen LogP contribution is -2.33. The van der Waals surface area contributed by atoms with Crippen molar-refractivity contribution in [3.8, 4) is 0 Å². The highest BCUT2D eigenvalue weighted by molar-refractivity contribution is 7.89. The van der Waals surface area contributed by atoms with Gasteiger partial charge in [0.2, 0.25) is 0 Å². The van der Waals surface area contributed by atoms with Gasteiger partial charge in [-0.25, -0.2) is 17.5 Å². The van der Waals surface area contributed by atoms with Gasteiger partial charge in [0, 0.05) is 32.3 Å². The van der Waals surface area contributed by atoms with Gasteiger partial charge < -0.3 is 9.64 Å². The summed E-state index contributed by atoms with van der Waals surface area (Å²) in [4.78, 5) is 33.7. The van der Waals surface area contributed by atoms with Crippen molar-refractivity contribution in [2.24, 2.45) is 0 Å². The van der Waals surface area contributed by atoms with Crippen molar-refractivity contribution in [1.29, 1.82) is 0 Å². The topological polar surface area (TPSA) is 153 Å². The summed E-state index contributed by atoms with van der Waals surface area (Å²) in [6.07, 6.45) is -0.105. The van der Waals surface area contributed by atoms with Crippen molar-refractivity contribution >= 4 is 33.2 Å². The smallest absolute Gasteiger partial charge is 0.423 e. The molecule has 0 N–H and O–H groups in total. The van der Waals surface area contributed by atoms with Gasteiger partial charge in [0.05, 0.1) is 17.0 Å². The van der Waals surface area contributed by atoms with Gasteiger partial charge in [-0.15, -0.1) is 0 Å². The maximum Gasteiger partial charge on any atom is 0.423 e. The highest BCUT2D eigenvalue weighted by atomic mass is 32.2. The summed E-state index contributed by atoms with van der Waals surface area (Å²) < 4.78 is 29.7. The fourth-order valence-electron chi connectivity index (χ4n) is 2.59. The van der Waals surface area contributed by atoms with Crippen LogP contribution < -0.4 is 4.90 Å². The molecule has 0 aliphatic rings. The number of hydrogen-bond donors (Lipinski definition) is 0. The van der Waals surface area contributed by atoms with Gasteiger partial charge in [0.1, 0.15) is 4.90 Å². The molecule has 1 rings (SSSR count). The van der Waals surface area contributed by atoms with E-state index in [2.05, 4.69) is 4.74 Å². The molecule has 1 aromatic carbocycles. The standard InChI is InChI=1S/C15H22N4O8S/c1-5-7-17(8-6-2)14-12(18(21)22)9-11(10-13(14)19(23)24)28(25,26)16(3)15(20)27-4/h9-10H,5-8H2,1-4H3. The molecule has 0 aliphatic heterocycles. The van der Waals surface area contributed by atoms with Gasteiger partial charge in [-0.1, -0.05) is 13.8 Å². The molecule has 28 heavy (non-hydrogen) atoms. The monoisotopic (exact) mass is 418 g/mol. The number of hydrogen-bond acceptors (Lipinski definition) is 9. The molecular formula is C15H22N4O8S. The van der Waals surface area contributed by atoms with Gasteiger partial charge in [-0.3, -0.25) is 20.2 Å². The SMILES string of the molecule is CCCN(CCC)c1c([N+](=O)[O-])cc(S(=O)(=O)N(C)C(=O)OC)cc1[N+](=O)[O-]. The zero-order chi connectivity index (χ0) is 21.6. The minimum atomic E-state index is -4.60. The first-order valence-electron chi connectivity index (χ1n) is 8.31. The molecule has 0 radical (unpaired) electrons. The first-order chi connectivity index (χ1) is 13.0. The molecule has 0 fully saturated rings. The molecular weight excluding hydrogens is 396 g/mol. The van der Waals surface area contributed by atoms with Gasteiger partial charge in [0.25, 0.3) is 10.0 Å². The van der Waals surface area contributed by atoms with E-state index in [1.54, 1.807) is 0 Å². The molecule has 0 aromatic heterocycles. The van der Waals surface area contributed by atoms with Crippen LogP contribution in [0.4, 0.5) is 21.9 Å².